The van der Waals surface area contributed by atoms with Crippen LogP contribution in [-0.4, -0.2) is 10.1 Å². The Labute approximate surface area is 109 Å². The molecule has 0 atom stereocenters. The quantitative estimate of drug-likeness (QED) is 0.666. The Morgan fingerprint density at radius 3 is 3.00 bits per heavy atom. The van der Waals surface area contributed by atoms with Crippen molar-refractivity contribution in [3.8, 4) is 0 Å². The van der Waals surface area contributed by atoms with Gasteiger partial charge in [0.25, 0.3) is 0 Å². The Kier molecular flexibility index (Phi) is 4.19. The van der Waals surface area contributed by atoms with Crippen molar-refractivity contribution in [2.45, 2.75) is 30.4 Å². The zero-order valence-corrected chi connectivity index (χ0v) is 10.8. The molecule has 1 heterocycles. The number of benzene rings is 1. The second-order valence-electron chi connectivity index (χ2n) is 3.83. The molecule has 1 aromatic heterocycles. The molecule has 0 spiro atoms. The summed E-state index contributed by atoms with van der Waals surface area (Å²) in [7, 11) is 0. The molecule has 2 aromatic rings. The molecule has 2 N–H and O–H groups in total. The number of nitrogen functional groups attached to an aromatic ring is 1. The van der Waals surface area contributed by atoms with Gasteiger partial charge in [-0.25, -0.2) is 4.39 Å². The lowest BCUT2D eigenvalue weighted by Crippen LogP contribution is -1.91. The number of nitrogens with two attached hydrogens (primary N) is 1. The van der Waals surface area contributed by atoms with Crippen LogP contribution in [0.1, 0.15) is 25.1 Å². The molecule has 0 saturated heterocycles. The number of halogens is 1. The highest BCUT2D eigenvalue weighted by Crippen LogP contribution is 2.28. The first-order valence-electron chi connectivity index (χ1n) is 5.68. The third-order valence-corrected chi connectivity index (χ3v) is 3.38. The van der Waals surface area contributed by atoms with E-state index in [0.717, 1.165) is 23.6 Å². The van der Waals surface area contributed by atoms with E-state index in [9.17, 15) is 4.39 Å². The van der Waals surface area contributed by atoms with Gasteiger partial charge in [-0.3, -0.25) is 0 Å². The summed E-state index contributed by atoms with van der Waals surface area (Å²) < 4.78 is 18.0. The molecule has 6 heteroatoms. The molecule has 0 saturated carbocycles. The smallest absolute Gasteiger partial charge is 0.237 e. The second kappa shape index (κ2) is 5.86. The van der Waals surface area contributed by atoms with Gasteiger partial charge >= 0.3 is 0 Å². The molecule has 0 unspecified atom stereocenters. The zero-order chi connectivity index (χ0) is 13.0. The topological polar surface area (TPSA) is 64.9 Å². The standard InChI is InChI=1S/C12H14FN3OS/c1-2-3-11-15-12(17-16-11)7-18-10-5-4-8(13)6-9(10)14/h4-6H,2-3,7,14H2,1H3. The normalized spacial score (nSPS) is 10.8. The molecule has 4 nitrogen and oxygen atoms in total. The van der Waals surface area contributed by atoms with Crippen molar-refractivity contribution in [1.29, 1.82) is 0 Å². The number of nitrogens with zero attached hydrogens (tertiary/aromatic N) is 2. The summed E-state index contributed by atoms with van der Waals surface area (Å²) in [4.78, 5) is 5.06. The van der Waals surface area contributed by atoms with Gasteiger partial charge in [0, 0.05) is 17.0 Å². The van der Waals surface area contributed by atoms with Crippen LogP contribution in [0.4, 0.5) is 10.1 Å². The van der Waals surface area contributed by atoms with Crippen LogP contribution in [0.25, 0.3) is 0 Å². The lowest BCUT2D eigenvalue weighted by Gasteiger charge is -2.02. The van der Waals surface area contributed by atoms with Crippen LogP contribution >= 0.6 is 11.8 Å². The first kappa shape index (κ1) is 12.9. The van der Waals surface area contributed by atoms with Crippen LogP contribution in [0.5, 0.6) is 0 Å². The lowest BCUT2D eigenvalue weighted by atomic mass is 10.3. The minimum Gasteiger partial charge on any atom is -0.398 e. The summed E-state index contributed by atoms with van der Waals surface area (Å²) in [5.74, 6) is 1.49. The first-order chi connectivity index (χ1) is 8.69. The van der Waals surface area contributed by atoms with Gasteiger partial charge < -0.3 is 10.3 Å². The molecule has 0 aliphatic rings. The van der Waals surface area contributed by atoms with Gasteiger partial charge in [-0.15, -0.1) is 11.8 Å². The van der Waals surface area contributed by atoms with Crippen molar-refractivity contribution >= 4 is 17.4 Å². The Balaban J connectivity index is 1.97. The maximum Gasteiger partial charge on any atom is 0.237 e. The van der Waals surface area contributed by atoms with Crippen molar-refractivity contribution in [3.63, 3.8) is 0 Å². The number of hydrogen-bond donors (Lipinski definition) is 1. The maximum atomic E-state index is 12.9. The molecule has 0 amide bonds. The lowest BCUT2D eigenvalue weighted by molar-refractivity contribution is 0.384. The summed E-state index contributed by atoms with van der Waals surface area (Å²) in [5, 5.41) is 3.86. The van der Waals surface area contributed by atoms with Crippen molar-refractivity contribution in [3.05, 3.63) is 35.7 Å². The van der Waals surface area contributed by atoms with E-state index in [-0.39, 0.29) is 5.82 Å². The number of anilines is 1. The second-order valence-corrected chi connectivity index (χ2v) is 4.84. The van der Waals surface area contributed by atoms with Gasteiger partial charge in [-0.05, 0) is 24.6 Å². The van der Waals surface area contributed by atoms with Crippen LogP contribution < -0.4 is 5.73 Å². The Hall–Kier alpha value is -1.56. The Morgan fingerprint density at radius 1 is 1.44 bits per heavy atom. The molecule has 0 aliphatic heterocycles. The van der Waals surface area contributed by atoms with E-state index in [1.807, 2.05) is 0 Å². The number of aromatic nitrogens is 2. The van der Waals surface area contributed by atoms with E-state index >= 15 is 0 Å². The van der Waals surface area contributed by atoms with Crippen LogP contribution in [0.15, 0.2) is 27.6 Å². The molecule has 96 valence electrons. The first-order valence-corrected chi connectivity index (χ1v) is 6.67. The Bertz CT molecular complexity index is 530. The highest BCUT2D eigenvalue weighted by Gasteiger charge is 2.08. The predicted molar refractivity (Wildman–Crippen MR) is 68.7 cm³/mol. The highest BCUT2D eigenvalue weighted by atomic mass is 32.2. The van der Waals surface area contributed by atoms with Crippen LogP contribution in [-0.2, 0) is 12.2 Å². The number of hydrogen-bond acceptors (Lipinski definition) is 5. The Morgan fingerprint density at radius 2 is 2.28 bits per heavy atom. The number of rotatable bonds is 5. The molecular weight excluding hydrogens is 253 g/mol. The van der Waals surface area contributed by atoms with Gasteiger partial charge in [-0.1, -0.05) is 12.1 Å². The van der Waals surface area contributed by atoms with E-state index < -0.39 is 0 Å². The summed E-state index contributed by atoms with van der Waals surface area (Å²) in [6.07, 6.45) is 1.80. The number of thioether (sulfide) groups is 1. The van der Waals surface area contributed by atoms with Crippen molar-refractivity contribution in [2.24, 2.45) is 0 Å². The van der Waals surface area contributed by atoms with E-state index in [4.69, 9.17) is 10.3 Å². The molecule has 2 rings (SSSR count). The van der Waals surface area contributed by atoms with E-state index in [1.54, 1.807) is 6.07 Å². The predicted octanol–water partition coefficient (Wildman–Crippen LogP) is 3.04. The van der Waals surface area contributed by atoms with Crippen LogP contribution in [0.3, 0.4) is 0 Å². The van der Waals surface area contributed by atoms with Gasteiger partial charge in [0.15, 0.2) is 5.82 Å². The fraction of sp³-hybridized carbons (Fsp3) is 0.333. The average Bonchev–Trinajstić information content (AvgIpc) is 2.76. The SMILES string of the molecule is CCCc1noc(CSc2ccc(F)cc2N)n1. The molecule has 0 bridgehead atoms. The minimum atomic E-state index is -0.333. The van der Waals surface area contributed by atoms with Crippen molar-refractivity contribution < 1.29 is 8.91 Å². The van der Waals surface area contributed by atoms with Crippen LogP contribution in [0, 0.1) is 5.82 Å². The summed E-state index contributed by atoms with van der Waals surface area (Å²) in [6.45, 7) is 2.06. The highest BCUT2D eigenvalue weighted by molar-refractivity contribution is 7.98. The molecule has 0 fully saturated rings. The van der Waals surface area contributed by atoms with Gasteiger partial charge in [0.1, 0.15) is 5.82 Å². The molecular formula is C12H14FN3OS. The monoisotopic (exact) mass is 267 g/mol. The summed E-state index contributed by atoms with van der Waals surface area (Å²) in [6, 6.07) is 4.34. The third-order valence-electron chi connectivity index (χ3n) is 2.31. The molecule has 0 aliphatic carbocycles. The van der Waals surface area contributed by atoms with E-state index in [2.05, 4.69) is 17.1 Å². The third kappa shape index (κ3) is 3.22. The van der Waals surface area contributed by atoms with Crippen molar-refractivity contribution in [1.82, 2.24) is 10.1 Å². The summed E-state index contributed by atoms with van der Waals surface area (Å²) in [5.41, 5.74) is 6.14. The van der Waals surface area contributed by atoms with E-state index in [0.29, 0.717) is 17.3 Å². The fourth-order valence-electron chi connectivity index (χ4n) is 1.46. The van der Waals surface area contributed by atoms with E-state index in [1.165, 1.54) is 23.9 Å². The van der Waals surface area contributed by atoms with Gasteiger partial charge in [-0.2, -0.15) is 4.98 Å². The van der Waals surface area contributed by atoms with Gasteiger partial charge in [0.2, 0.25) is 5.89 Å². The number of aryl methyl sites for hydroxylation is 1. The largest absolute Gasteiger partial charge is 0.398 e. The van der Waals surface area contributed by atoms with Gasteiger partial charge in [0.05, 0.1) is 5.75 Å². The molecule has 0 radical (unpaired) electrons. The summed E-state index contributed by atoms with van der Waals surface area (Å²) >= 11 is 1.45. The van der Waals surface area contributed by atoms with Crippen LogP contribution in [0.2, 0.25) is 0 Å². The molecule has 18 heavy (non-hydrogen) atoms. The molecule has 1 aromatic carbocycles. The maximum absolute atomic E-state index is 12.9. The zero-order valence-electron chi connectivity index (χ0n) is 10.0. The fourth-order valence-corrected chi connectivity index (χ4v) is 2.25. The van der Waals surface area contributed by atoms with Crippen molar-refractivity contribution in [2.75, 3.05) is 5.73 Å². The average molecular weight is 267 g/mol. The minimum absolute atomic E-state index is 0.333.